The summed E-state index contributed by atoms with van der Waals surface area (Å²) in [5.74, 6) is -6.85. The summed E-state index contributed by atoms with van der Waals surface area (Å²) in [7, 11) is 0. The lowest BCUT2D eigenvalue weighted by Gasteiger charge is -2.36. The SMILES string of the molecule is CCCCCCCCCCCCCCCCOC(=O)C1CC(C(=O)OCCCCCCCCCCCCCCCC)C(C(=O)OCCCCCCCCCCCCCCCC)CC1C(=O)O. The Bertz CT molecular complexity index is 1120. The van der Waals surface area contributed by atoms with Gasteiger partial charge in [-0.2, -0.15) is 0 Å². The molecule has 0 amide bonds. The number of carbonyl (C=O) groups excluding carboxylic acids is 3. The van der Waals surface area contributed by atoms with Gasteiger partial charge in [-0.1, -0.05) is 271 Å². The van der Waals surface area contributed by atoms with Crippen molar-refractivity contribution in [3.63, 3.8) is 0 Å². The maximum absolute atomic E-state index is 13.7. The van der Waals surface area contributed by atoms with E-state index in [1.165, 1.54) is 212 Å². The third-order valence-electron chi connectivity index (χ3n) is 14.4. The lowest BCUT2D eigenvalue weighted by atomic mass is 9.68. The van der Waals surface area contributed by atoms with Gasteiger partial charge in [-0.15, -0.1) is 0 Å². The van der Waals surface area contributed by atoms with Gasteiger partial charge >= 0.3 is 23.9 Å². The second-order valence-corrected chi connectivity index (χ2v) is 20.5. The molecule has 1 N–H and O–H groups in total. The fourth-order valence-electron chi connectivity index (χ4n) is 9.99. The number of esters is 3. The standard InChI is InChI=1S/C58H108O8/c1-4-7-10-13-16-19-22-25-28-31-34-37-40-43-46-64-56(61)52-50-54(58(63)66-48-45-42-39-36-33-30-27-24-21-18-15-12-9-6-3)53(49-51(52)55(59)60)57(62)65-47-44-41-38-35-32-29-26-23-20-17-14-11-8-5-2/h51-54H,4-50H2,1-3H3,(H,59,60). The van der Waals surface area contributed by atoms with Gasteiger partial charge < -0.3 is 19.3 Å². The van der Waals surface area contributed by atoms with Gasteiger partial charge in [0.05, 0.1) is 43.5 Å². The van der Waals surface area contributed by atoms with E-state index in [0.717, 1.165) is 57.8 Å². The van der Waals surface area contributed by atoms with Gasteiger partial charge in [-0.25, -0.2) is 0 Å². The molecule has 1 saturated carbocycles. The Morgan fingerprint density at radius 2 is 0.455 bits per heavy atom. The quantitative estimate of drug-likeness (QED) is 0.0364. The van der Waals surface area contributed by atoms with Crippen LogP contribution in [0.1, 0.15) is 303 Å². The van der Waals surface area contributed by atoms with E-state index < -0.39 is 47.5 Å². The average Bonchev–Trinajstić information content (AvgIpc) is 3.32. The number of ether oxygens (including phenoxy) is 3. The molecular formula is C58H108O8. The van der Waals surface area contributed by atoms with Crippen molar-refractivity contribution in [3.8, 4) is 0 Å². The van der Waals surface area contributed by atoms with E-state index in [2.05, 4.69) is 20.8 Å². The minimum Gasteiger partial charge on any atom is -0.481 e. The normalized spacial score (nSPS) is 17.2. The van der Waals surface area contributed by atoms with Crippen LogP contribution >= 0.6 is 0 Å². The molecule has 8 heteroatoms. The van der Waals surface area contributed by atoms with Gasteiger partial charge in [0.15, 0.2) is 0 Å². The van der Waals surface area contributed by atoms with E-state index in [4.69, 9.17) is 14.2 Å². The highest BCUT2D eigenvalue weighted by Gasteiger charge is 2.50. The Kier molecular flexibility index (Phi) is 43.7. The Morgan fingerprint density at radius 3 is 0.652 bits per heavy atom. The number of carboxylic acid groups (broad SMARTS) is 1. The van der Waals surface area contributed by atoms with Crippen molar-refractivity contribution < 1.29 is 38.5 Å². The third-order valence-corrected chi connectivity index (χ3v) is 14.4. The highest BCUT2D eigenvalue weighted by molar-refractivity contribution is 5.87. The Balaban J connectivity index is 2.55. The summed E-state index contributed by atoms with van der Waals surface area (Å²) in [6, 6.07) is 0. The van der Waals surface area contributed by atoms with E-state index in [1.807, 2.05) is 0 Å². The van der Waals surface area contributed by atoms with Gasteiger partial charge in [0.2, 0.25) is 0 Å². The fourth-order valence-corrected chi connectivity index (χ4v) is 9.99. The van der Waals surface area contributed by atoms with E-state index in [9.17, 15) is 24.3 Å². The summed E-state index contributed by atoms with van der Waals surface area (Å²) in [6.45, 7) is 7.52. The number of hydrogen-bond donors (Lipinski definition) is 1. The number of unbranched alkanes of at least 4 members (excludes halogenated alkanes) is 39. The van der Waals surface area contributed by atoms with Gasteiger partial charge in [-0.3, -0.25) is 19.2 Å². The summed E-state index contributed by atoms with van der Waals surface area (Å²) in [5.41, 5.74) is 0. The van der Waals surface area contributed by atoms with Crippen molar-refractivity contribution in [1.82, 2.24) is 0 Å². The molecule has 0 aromatic heterocycles. The van der Waals surface area contributed by atoms with Gasteiger partial charge in [0, 0.05) is 0 Å². The zero-order valence-electron chi connectivity index (χ0n) is 43.8. The van der Waals surface area contributed by atoms with Gasteiger partial charge in [0.1, 0.15) is 0 Å². The second-order valence-electron chi connectivity index (χ2n) is 20.5. The molecule has 0 aromatic rings. The van der Waals surface area contributed by atoms with Crippen LogP contribution < -0.4 is 0 Å². The molecule has 388 valence electrons. The van der Waals surface area contributed by atoms with Crippen molar-refractivity contribution in [2.24, 2.45) is 23.7 Å². The molecule has 0 radical (unpaired) electrons. The average molecular weight is 933 g/mol. The molecule has 4 unspecified atom stereocenters. The molecular weight excluding hydrogens is 825 g/mol. The van der Waals surface area contributed by atoms with Gasteiger partial charge in [-0.05, 0) is 32.1 Å². The first-order valence-corrected chi connectivity index (χ1v) is 29.1. The van der Waals surface area contributed by atoms with Crippen LogP contribution in [-0.4, -0.2) is 48.8 Å². The summed E-state index contributed by atoms with van der Waals surface area (Å²) in [6.07, 6.45) is 51.5. The van der Waals surface area contributed by atoms with E-state index in [0.29, 0.717) is 0 Å². The second kappa shape index (κ2) is 46.6. The highest BCUT2D eigenvalue weighted by atomic mass is 16.5. The highest BCUT2D eigenvalue weighted by Crippen LogP contribution is 2.41. The third kappa shape index (κ3) is 35.1. The molecule has 0 aromatic carbocycles. The fraction of sp³-hybridized carbons (Fsp3) is 0.931. The number of carboxylic acids is 1. The molecule has 8 nitrogen and oxygen atoms in total. The van der Waals surface area contributed by atoms with Crippen molar-refractivity contribution in [2.75, 3.05) is 19.8 Å². The summed E-state index contributed by atoms with van der Waals surface area (Å²) >= 11 is 0. The zero-order chi connectivity index (χ0) is 48.0. The summed E-state index contributed by atoms with van der Waals surface area (Å²) < 4.78 is 17.2. The first kappa shape index (κ1) is 61.9. The van der Waals surface area contributed by atoms with E-state index >= 15 is 0 Å². The molecule has 66 heavy (non-hydrogen) atoms. The maximum Gasteiger partial charge on any atom is 0.309 e. The van der Waals surface area contributed by atoms with Crippen LogP contribution in [0.3, 0.4) is 0 Å². The Hall–Kier alpha value is -2.12. The maximum atomic E-state index is 13.7. The van der Waals surface area contributed by atoms with Gasteiger partial charge in [0.25, 0.3) is 0 Å². The number of rotatable bonds is 49. The summed E-state index contributed by atoms with van der Waals surface area (Å²) in [4.78, 5) is 53.3. The van der Waals surface area contributed by atoms with Crippen LogP contribution in [-0.2, 0) is 33.4 Å². The molecule has 1 aliphatic rings. The topological polar surface area (TPSA) is 116 Å². The van der Waals surface area contributed by atoms with E-state index in [1.54, 1.807) is 0 Å². The molecule has 1 aliphatic carbocycles. The van der Waals surface area contributed by atoms with Crippen LogP contribution in [0.5, 0.6) is 0 Å². The zero-order valence-corrected chi connectivity index (χ0v) is 43.8. The number of aliphatic carboxylic acids is 1. The Morgan fingerprint density at radius 1 is 0.288 bits per heavy atom. The first-order chi connectivity index (χ1) is 32.4. The molecule has 1 rings (SSSR count). The van der Waals surface area contributed by atoms with Crippen molar-refractivity contribution in [3.05, 3.63) is 0 Å². The molecule has 0 aliphatic heterocycles. The van der Waals surface area contributed by atoms with E-state index in [-0.39, 0.29) is 32.7 Å². The van der Waals surface area contributed by atoms with Crippen LogP contribution in [0.4, 0.5) is 0 Å². The Labute approximate surface area is 407 Å². The predicted molar refractivity (Wildman–Crippen MR) is 275 cm³/mol. The van der Waals surface area contributed by atoms with Crippen LogP contribution in [0.15, 0.2) is 0 Å². The van der Waals surface area contributed by atoms with Crippen molar-refractivity contribution >= 4 is 23.9 Å². The first-order valence-electron chi connectivity index (χ1n) is 29.1. The minimum absolute atomic E-state index is 0.0786. The number of hydrogen-bond acceptors (Lipinski definition) is 7. The smallest absolute Gasteiger partial charge is 0.309 e. The largest absolute Gasteiger partial charge is 0.481 e. The lowest BCUT2D eigenvalue weighted by molar-refractivity contribution is -0.174. The summed E-state index contributed by atoms with van der Waals surface area (Å²) in [5, 5.41) is 10.3. The minimum atomic E-state index is -1.15. The monoisotopic (exact) mass is 933 g/mol. The molecule has 0 spiro atoms. The molecule has 0 heterocycles. The van der Waals surface area contributed by atoms with Crippen molar-refractivity contribution in [1.29, 1.82) is 0 Å². The number of carbonyl (C=O) groups is 4. The molecule has 0 saturated heterocycles. The predicted octanol–water partition coefficient (Wildman–Crippen LogP) is 17.4. The molecule has 0 bridgehead atoms. The molecule has 1 fully saturated rings. The lowest BCUT2D eigenvalue weighted by Crippen LogP contribution is -2.46. The molecule has 4 atom stereocenters. The van der Waals surface area contributed by atoms with Crippen LogP contribution in [0, 0.1) is 23.7 Å². The van der Waals surface area contributed by atoms with Crippen molar-refractivity contribution in [2.45, 2.75) is 303 Å². The van der Waals surface area contributed by atoms with Crippen LogP contribution in [0.2, 0.25) is 0 Å². The van der Waals surface area contributed by atoms with Crippen LogP contribution in [0.25, 0.3) is 0 Å².